The maximum atomic E-state index is 13.0. The molecule has 0 aromatic heterocycles. The molecule has 0 unspecified atom stereocenters. The molecule has 0 aliphatic heterocycles. The number of carboxylic acid groups (broad SMARTS) is 1. The van der Waals surface area contributed by atoms with E-state index < -0.39 is 17.7 Å². The van der Waals surface area contributed by atoms with Crippen molar-refractivity contribution in [3.63, 3.8) is 0 Å². The van der Waals surface area contributed by atoms with Gasteiger partial charge in [0, 0.05) is 5.56 Å². The number of rotatable bonds is 3. The van der Waals surface area contributed by atoms with Crippen LogP contribution in [0.1, 0.15) is 26.3 Å². The Hall–Kier alpha value is -2.40. The predicted molar refractivity (Wildman–Crippen MR) is 77.5 cm³/mol. The molecular weight excluding hydrogens is 297 g/mol. The molecule has 6 heteroatoms. The zero-order valence-electron chi connectivity index (χ0n) is 11.0. The summed E-state index contributed by atoms with van der Waals surface area (Å²) in [6.45, 7) is 1.59. The first-order chi connectivity index (χ1) is 9.90. The normalized spacial score (nSPS) is 10.2. The van der Waals surface area contributed by atoms with Gasteiger partial charge in [-0.2, -0.15) is 0 Å². The van der Waals surface area contributed by atoms with Gasteiger partial charge < -0.3 is 10.4 Å². The van der Waals surface area contributed by atoms with Crippen LogP contribution in [-0.4, -0.2) is 17.0 Å². The highest BCUT2D eigenvalue weighted by Crippen LogP contribution is 2.27. The number of hydrogen-bond acceptors (Lipinski definition) is 2. The van der Waals surface area contributed by atoms with Gasteiger partial charge in [-0.3, -0.25) is 4.79 Å². The molecule has 2 rings (SSSR count). The summed E-state index contributed by atoms with van der Waals surface area (Å²) in [5, 5.41) is 11.7. The fourth-order valence-electron chi connectivity index (χ4n) is 1.89. The highest BCUT2D eigenvalue weighted by atomic mass is 35.5. The van der Waals surface area contributed by atoms with Crippen molar-refractivity contribution in [1.82, 2.24) is 0 Å². The van der Waals surface area contributed by atoms with Gasteiger partial charge in [0.1, 0.15) is 5.82 Å². The van der Waals surface area contributed by atoms with Gasteiger partial charge in [-0.05, 0) is 42.8 Å². The summed E-state index contributed by atoms with van der Waals surface area (Å²) in [7, 11) is 0. The van der Waals surface area contributed by atoms with E-state index >= 15 is 0 Å². The van der Waals surface area contributed by atoms with Crippen LogP contribution in [0.25, 0.3) is 0 Å². The Morgan fingerprint density at radius 1 is 1.19 bits per heavy atom. The third-order valence-corrected chi connectivity index (χ3v) is 3.23. The third-order valence-electron chi connectivity index (χ3n) is 2.92. The molecule has 0 aliphatic carbocycles. The van der Waals surface area contributed by atoms with E-state index in [-0.39, 0.29) is 21.8 Å². The van der Waals surface area contributed by atoms with Crippen LogP contribution >= 0.6 is 11.6 Å². The number of amides is 1. The van der Waals surface area contributed by atoms with E-state index in [9.17, 15) is 14.0 Å². The molecule has 0 saturated heterocycles. The molecule has 0 fully saturated rings. The Labute approximate surface area is 125 Å². The first-order valence-electron chi connectivity index (χ1n) is 5.99. The molecule has 0 atom stereocenters. The van der Waals surface area contributed by atoms with Gasteiger partial charge in [0.25, 0.3) is 5.91 Å². The Balaban J connectivity index is 2.38. The number of aryl methyl sites for hydroxylation is 1. The molecule has 108 valence electrons. The monoisotopic (exact) mass is 307 g/mol. The molecule has 4 nitrogen and oxygen atoms in total. The summed E-state index contributed by atoms with van der Waals surface area (Å²) in [6, 6.07) is 8.00. The first-order valence-corrected chi connectivity index (χ1v) is 6.37. The number of anilines is 1. The highest BCUT2D eigenvalue weighted by Gasteiger charge is 2.17. The lowest BCUT2D eigenvalue weighted by Gasteiger charge is -2.11. The summed E-state index contributed by atoms with van der Waals surface area (Å²) < 4.78 is 13.0. The van der Waals surface area contributed by atoms with Crippen LogP contribution in [0.15, 0.2) is 36.4 Å². The summed E-state index contributed by atoms with van der Waals surface area (Å²) in [5.74, 6) is -2.21. The number of hydrogen-bond donors (Lipinski definition) is 2. The van der Waals surface area contributed by atoms with Gasteiger partial charge in [-0.1, -0.05) is 17.7 Å². The molecule has 2 aromatic carbocycles. The van der Waals surface area contributed by atoms with E-state index in [4.69, 9.17) is 16.7 Å². The average Bonchev–Trinajstić information content (AvgIpc) is 2.40. The minimum atomic E-state index is -1.20. The summed E-state index contributed by atoms with van der Waals surface area (Å²) in [6.07, 6.45) is 0. The third kappa shape index (κ3) is 3.20. The van der Waals surface area contributed by atoms with Crippen LogP contribution in [0.2, 0.25) is 5.02 Å². The Morgan fingerprint density at radius 2 is 1.90 bits per heavy atom. The molecule has 0 radical (unpaired) electrons. The SMILES string of the molecule is Cc1cc(F)ccc1C(=O)Nc1c(Cl)cccc1C(=O)O. The standard InChI is InChI=1S/C15H11ClFNO3/c1-8-7-9(17)5-6-10(8)14(19)18-13-11(15(20)21)3-2-4-12(13)16/h2-7H,1H3,(H,18,19)(H,20,21). The van der Waals surface area contributed by atoms with Gasteiger partial charge in [-0.25, -0.2) is 9.18 Å². The van der Waals surface area contributed by atoms with Crippen molar-refractivity contribution in [3.05, 3.63) is 63.9 Å². The molecule has 2 N–H and O–H groups in total. The second-order valence-corrected chi connectivity index (χ2v) is 4.79. The topological polar surface area (TPSA) is 66.4 Å². The number of carbonyl (C=O) groups excluding carboxylic acids is 1. The van der Waals surface area contributed by atoms with E-state index in [1.807, 2.05) is 0 Å². The smallest absolute Gasteiger partial charge is 0.337 e. The van der Waals surface area contributed by atoms with Gasteiger partial charge in [0.15, 0.2) is 0 Å². The lowest BCUT2D eigenvalue weighted by Crippen LogP contribution is -2.16. The maximum absolute atomic E-state index is 13.0. The van der Waals surface area contributed by atoms with Gasteiger partial charge in [-0.15, -0.1) is 0 Å². The molecule has 0 heterocycles. The molecule has 1 amide bonds. The fraction of sp³-hybridized carbons (Fsp3) is 0.0667. The van der Waals surface area contributed by atoms with E-state index in [0.717, 1.165) is 6.07 Å². The summed E-state index contributed by atoms with van der Waals surface area (Å²) >= 11 is 5.93. The number of halogens is 2. The Kier molecular flexibility index (Phi) is 4.23. The molecule has 2 aromatic rings. The Bertz CT molecular complexity index is 731. The number of carboxylic acids is 1. The average molecular weight is 308 g/mol. The zero-order chi connectivity index (χ0) is 15.6. The van der Waals surface area contributed by atoms with Gasteiger partial charge in [0.2, 0.25) is 0 Å². The van der Waals surface area contributed by atoms with Crippen molar-refractivity contribution in [2.24, 2.45) is 0 Å². The van der Waals surface area contributed by atoms with Crippen LogP contribution in [0.3, 0.4) is 0 Å². The van der Waals surface area contributed by atoms with Gasteiger partial charge >= 0.3 is 5.97 Å². The van der Waals surface area contributed by atoms with Crippen molar-refractivity contribution in [3.8, 4) is 0 Å². The number of benzene rings is 2. The van der Waals surface area contributed by atoms with Crippen LogP contribution in [0, 0.1) is 12.7 Å². The number of para-hydroxylation sites is 1. The molecule has 21 heavy (non-hydrogen) atoms. The zero-order valence-corrected chi connectivity index (χ0v) is 11.7. The highest BCUT2D eigenvalue weighted by molar-refractivity contribution is 6.34. The van der Waals surface area contributed by atoms with E-state index in [1.165, 1.54) is 30.3 Å². The fourth-order valence-corrected chi connectivity index (χ4v) is 2.11. The molecule has 0 spiro atoms. The van der Waals surface area contributed by atoms with Crippen molar-refractivity contribution in [2.75, 3.05) is 5.32 Å². The Morgan fingerprint density at radius 3 is 2.52 bits per heavy atom. The van der Waals surface area contributed by atoms with Crippen molar-refractivity contribution >= 4 is 29.2 Å². The van der Waals surface area contributed by atoms with Crippen molar-refractivity contribution in [2.45, 2.75) is 6.92 Å². The predicted octanol–water partition coefficient (Wildman–Crippen LogP) is 3.74. The quantitative estimate of drug-likeness (QED) is 0.907. The minimum absolute atomic E-state index is 0.0143. The minimum Gasteiger partial charge on any atom is -0.478 e. The molecule has 0 aliphatic rings. The summed E-state index contributed by atoms with van der Waals surface area (Å²) in [4.78, 5) is 23.3. The second-order valence-electron chi connectivity index (χ2n) is 4.38. The number of aromatic carboxylic acids is 1. The van der Waals surface area contributed by atoms with Crippen LogP contribution in [-0.2, 0) is 0 Å². The second kappa shape index (κ2) is 5.93. The van der Waals surface area contributed by atoms with E-state index in [2.05, 4.69) is 5.32 Å². The maximum Gasteiger partial charge on any atom is 0.337 e. The van der Waals surface area contributed by atoms with Gasteiger partial charge in [0.05, 0.1) is 16.3 Å². The lowest BCUT2D eigenvalue weighted by atomic mass is 10.1. The molecular formula is C15H11ClFNO3. The van der Waals surface area contributed by atoms with E-state index in [1.54, 1.807) is 6.92 Å². The van der Waals surface area contributed by atoms with Crippen LogP contribution < -0.4 is 5.32 Å². The van der Waals surface area contributed by atoms with Crippen molar-refractivity contribution < 1.29 is 19.1 Å². The first kappa shape index (κ1) is 15.0. The van der Waals surface area contributed by atoms with Crippen LogP contribution in [0.5, 0.6) is 0 Å². The largest absolute Gasteiger partial charge is 0.478 e. The van der Waals surface area contributed by atoms with E-state index in [0.29, 0.717) is 5.56 Å². The number of carbonyl (C=O) groups is 2. The lowest BCUT2D eigenvalue weighted by molar-refractivity contribution is 0.0698. The molecule has 0 saturated carbocycles. The summed E-state index contributed by atoms with van der Waals surface area (Å²) in [5.41, 5.74) is 0.583. The number of nitrogens with one attached hydrogen (secondary N) is 1. The van der Waals surface area contributed by atoms with Crippen LogP contribution in [0.4, 0.5) is 10.1 Å². The van der Waals surface area contributed by atoms with Crippen molar-refractivity contribution in [1.29, 1.82) is 0 Å². The molecule has 0 bridgehead atoms.